The molecule has 2 aromatic rings. The summed E-state index contributed by atoms with van der Waals surface area (Å²) >= 11 is 3.77. The van der Waals surface area contributed by atoms with Crippen LogP contribution in [0.2, 0.25) is 0 Å². The van der Waals surface area contributed by atoms with Crippen molar-refractivity contribution < 1.29 is 9.53 Å². The highest BCUT2D eigenvalue weighted by molar-refractivity contribution is 8.00. The number of ether oxygens (including phenoxy) is 1. The minimum Gasteiger partial charge on any atom is -0.450 e. The van der Waals surface area contributed by atoms with Gasteiger partial charge in [0.2, 0.25) is 0 Å². The molecular formula is C20H21NO2S2. The Morgan fingerprint density at radius 1 is 1.16 bits per heavy atom. The van der Waals surface area contributed by atoms with Crippen LogP contribution in [0, 0.1) is 0 Å². The molecule has 1 aromatic carbocycles. The molecule has 0 N–H and O–H groups in total. The molecule has 2 aliphatic rings. The maximum atomic E-state index is 12.0. The molecule has 0 atom stereocenters. The SMILES string of the molecule is CCOC(=O)N1CCC(=C2c3ccccc3CSc3sccc32)CC1. The Morgan fingerprint density at radius 2 is 1.96 bits per heavy atom. The summed E-state index contributed by atoms with van der Waals surface area (Å²) in [5.41, 5.74) is 7.02. The standard InChI is InChI=1S/C20H21NO2S2/c1-2-23-20(22)21-10-7-14(8-11-21)18-16-6-4-3-5-15(16)13-25-19-17(18)9-12-24-19/h3-6,9,12H,2,7-8,10-11,13H2,1H3. The molecule has 0 aliphatic carbocycles. The molecule has 5 heteroatoms. The number of thioether (sulfide) groups is 1. The number of carbonyl (C=O) groups excluding carboxylic acids is 1. The average Bonchev–Trinajstić information content (AvgIpc) is 3.04. The second-order valence-corrected chi connectivity index (χ2v) is 8.39. The van der Waals surface area contributed by atoms with Crippen molar-refractivity contribution in [2.75, 3.05) is 19.7 Å². The first kappa shape index (κ1) is 16.7. The minimum absolute atomic E-state index is 0.181. The molecule has 25 heavy (non-hydrogen) atoms. The largest absolute Gasteiger partial charge is 0.450 e. The van der Waals surface area contributed by atoms with E-state index >= 15 is 0 Å². The van der Waals surface area contributed by atoms with Crippen molar-refractivity contribution in [1.82, 2.24) is 4.90 Å². The van der Waals surface area contributed by atoms with E-state index in [9.17, 15) is 4.79 Å². The van der Waals surface area contributed by atoms with Gasteiger partial charge in [0.05, 0.1) is 10.8 Å². The van der Waals surface area contributed by atoms with Gasteiger partial charge in [0, 0.05) is 24.4 Å². The van der Waals surface area contributed by atoms with Gasteiger partial charge in [-0.1, -0.05) is 29.8 Å². The van der Waals surface area contributed by atoms with E-state index in [1.54, 1.807) is 0 Å². The predicted molar refractivity (Wildman–Crippen MR) is 104 cm³/mol. The second kappa shape index (κ2) is 7.26. The van der Waals surface area contributed by atoms with Gasteiger partial charge in [-0.25, -0.2) is 4.79 Å². The molecule has 4 rings (SSSR count). The number of amides is 1. The molecule has 3 heterocycles. The summed E-state index contributed by atoms with van der Waals surface area (Å²) in [7, 11) is 0. The van der Waals surface area contributed by atoms with E-state index < -0.39 is 0 Å². The Labute approximate surface area is 156 Å². The first-order valence-electron chi connectivity index (χ1n) is 8.70. The van der Waals surface area contributed by atoms with Crippen molar-refractivity contribution in [2.24, 2.45) is 0 Å². The van der Waals surface area contributed by atoms with Crippen molar-refractivity contribution in [3.05, 3.63) is 58.0 Å². The van der Waals surface area contributed by atoms with Crippen molar-refractivity contribution in [3.8, 4) is 0 Å². The fraction of sp³-hybridized carbons (Fsp3) is 0.350. The van der Waals surface area contributed by atoms with Gasteiger partial charge in [-0.15, -0.1) is 23.1 Å². The Bertz CT molecular complexity index is 815. The first-order valence-corrected chi connectivity index (χ1v) is 10.6. The fourth-order valence-corrected chi connectivity index (χ4v) is 5.68. The summed E-state index contributed by atoms with van der Waals surface area (Å²) in [6.45, 7) is 3.78. The highest BCUT2D eigenvalue weighted by Crippen LogP contribution is 2.45. The Balaban J connectivity index is 1.71. The summed E-state index contributed by atoms with van der Waals surface area (Å²) in [5.74, 6) is 1.02. The van der Waals surface area contributed by atoms with Crippen LogP contribution in [0.4, 0.5) is 4.79 Å². The highest BCUT2D eigenvalue weighted by atomic mass is 32.2. The Kier molecular flexibility index (Phi) is 4.86. The monoisotopic (exact) mass is 371 g/mol. The molecular weight excluding hydrogens is 350 g/mol. The molecule has 130 valence electrons. The normalized spacial score (nSPS) is 16.9. The van der Waals surface area contributed by atoms with Gasteiger partial charge in [-0.3, -0.25) is 0 Å². The third kappa shape index (κ3) is 3.23. The van der Waals surface area contributed by atoms with Crippen molar-refractivity contribution in [3.63, 3.8) is 0 Å². The maximum Gasteiger partial charge on any atom is 0.409 e. The number of rotatable bonds is 1. The summed E-state index contributed by atoms with van der Waals surface area (Å²) in [6.07, 6.45) is 1.66. The van der Waals surface area contributed by atoms with Crippen LogP contribution in [0.25, 0.3) is 5.57 Å². The molecule has 1 fully saturated rings. The number of fused-ring (bicyclic) bond motifs is 2. The smallest absolute Gasteiger partial charge is 0.409 e. The maximum absolute atomic E-state index is 12.0. The van der Waals surface area contributed by atoms with Gasteiger partial charge >= 0.3 is 6.09 Å². The molecule has 1 saturated heterocycles. The summed E-state index contributed by atoms with van der Waals surface area (Å²) in [5, 5.41) is 2.19. The summed E-state index contributed by atoms with van der Waals surface area (Å²) < 4.78 is 6.56. The van der Waals surface area contributed by atoms with Crippen molar-refractivity contribution >= 4 is 34.8 Å². The van der Waals surface area contributed by atoms with Gasteiger partial charge in [0.25, 0.3) is 0 Å². The third-order valence-corrected chi connectivity index (χ3v) is 7.08. The van der Waals surface area contributed by atoms with Gasteiger partial charge in [0.15, 0.2) is 0 Å². The van der Waals surface area contributed by atoms with Crippen LogP contribution in [0.5, 0.6) is 0 Å². The first-order chi connectivity index (χ1) is 12.3. The number of hydrogen-bond donors (Lipinski definition) is 0. The van der Waals surface area contributed by atoms with Crippen LogP contribution >= 0.6 is 23.1 Å². The zero-order valence-corrected chi connectivity index (χ0v) is 15.9. The lowest BCUT2D eigenvalue weighted by Crippen LogP contribution is -2.37. The molecule has 0 radical (unpaired) electrons. The number of thiophene rings is 1. The van der Waals surface area contributed by atoms with E-state index in [2.05, 4.69) is 35.7 Å². The van der Waals surface area contributed by atoms with Crippen LogP contribution < -0.4 is 0 Å². The Hall–Kier alpha value is -1.72. The highest BCUT2D eigenvalue weighted by Gasteiger charge is 2.26. The fourth-order valence-electron chi connectivity index (χ4n) is 3.58. The van der Waals surface area contributed by atoms with E-state index in [0.29, 0.717) is 6.61 Å². The number of benzene rings is 1. The van der Waals surface area contributed by atoms with Crippen LogP contribution in [-0.2, 0) is 10.5 Å². The molecule has 0 unspecified atom stereocenters. The molecule has 0 spiro atoms. The lowest BCUT2D eigenvalue weighted by molar-refractivity contribution is 0.104. The number of nitrogens with zero attached hydrogens (tertiary/aromatic N) is 1. The lowest BCUT2D eigenvalue weighted by Gasteiger charge is -2.29. The van der Waals surface area contributed by atoms with Crippen LogP contribution in [0.15, 0.2) is 45.5 Å². The van der Waals surface area contributed by atoms with Crippen molar-refractivity contribution in [2.45, 2.75) is 29.7 Å². The summed E-state index contributed by atoms with van der Waals surface area (Å²) in [6, 6.07) is 11.0. The van der Waals surface area contributed by atoms with E-state index in [1.807, 2.05) is 34.9 Å². The molecule has 2 aliphatic heterocycles. The molecule has 1 amide bonds. The molecule has 1 aromatic heterocycles. The van der Waals surface area contributed by atoms with E-state index in [-0.39, 0.29) is 6.09 Å². The zero-order valence-electron chi connectivity index (χ0n) is 14.3. The Morgan fingerprint density at radius 3 is 2.76 bits per heavy atom. The number of piperidine rings is 1. The third-order valence-electron chi connectivity index (χ3n) is 4.79. The number of likely N-dealkylation sites (tertiary alicyclic amines) is 1. The van der Waals surface area contributed by atoms with Crippen LogP contribution in [-0.4, -0.2) is 30.7 Å². The topological polar surface area (TPSA) is 29.5 Å². The minimum atomic E-state index is -0.181. The van der Waals surface area contributed by atoms with Crippen molar-refractivity contribution in [1.29, 1.82) is 0 Å². The molecule has 0 saturated carbocycles. The van der Waals surface area contributed by atoms with Gasteiger partial charge < -0.3 is 9.64 Å². The van der Waals surface area contributed by atoms with Gasteiger partial charge in [-0.05, 0) is 47.9 Å². The van der Waals surface area contributed by atoms with E-state index in [4.69, 9.17) is 4.74 Å². The lowest BCUT2D eigenvalue weighted by atomic mass is 9.88. The van der Waals surface area contributed by atoms with Crippen LogP contribution in [0.1, 0.15) is 36.5 Å². The molecule has 3 nitrogen and oxygen atoms in total. The zero-order chi connectivity index (χ0) is 17.2. The average molecular weight is 372 g/mol. The van der Waals surface area contributed by atoms with Gasteiger partial charge in [0.1, 0.15) is 0 Å². The second-order valence-electron chi connectivity index (χ2n) is 6.23. The number of carbonyl (C=O) groups is 1. The predicted octanol–water partition coefficient (Wildman–Crippen LogP) is 5.41. The van der Waals surface area contributed by atoms with Gasteiger partial charge in [-0.2, -0.15) is 0 Å². The van der Waals surface area contributed by atoms with E-state index in [0.717, 1.165) is 31.7 Å². The van der Waals surface area contributed by atoms with Crippen LogP contribution in [0.3, 0.4) is 0 Å². The summed E-state index contributed by atoms with van der Waals surface area (Å²) in [4.78, 5) is 13.8. The number of hydrogen-bond acceptors (Lipinski definition) is 4. The molecule has 0 bridgehead atoms. The van der Waals surface area contributed by atoms with E-state index in [1.165, 1.54) is 32.0 Å². The quantitative estimate of drug-likeness (QED) is 0.671.